The predicted molar refractivity (Wildman–Crippen MR) is 68.5 cm³/mol. The third kappa shape index (κ3) is 2.82. The van der Waals surface area contributed by atoms with Crippen molar-refractivity contribution in [2.24, 2.45) is 0 Å². The number of carbonyl (C=O) groups excluding carboxylic acids is 1. The molecule has 1 N–H and O–H groups in total. The molecule has 0 aromatic heterocycles. The van der Waals surface area contributed by atoms with Crippen molar-refractivity contribution in [1.29, 1.82) is 0 Å². The van der Waals surface area contributed by atoms with Crippen molar-refractivity contribution in [2.75, 3.05) is 20.2 Å². The van der Waals surface area contributed by atoms with Crippen LogP contribution < -0.4 is 4.74 Å². The molecule has 1 fully saturated rings. The van der Waals surface area contributed by atoms with Gasteiger partial charge in [-0.25, -0.2) is 0 Å². The van der Waals surface area contributed by atoms with Gasteiger partial charge >= 0.3 is 0 Å². The fraction of sp³-hybridized carbons (Fsp3) is 0.500. The van der Waals surface area contributed by atoms with E-state index in [0.717, 1.165) is 11.3 Å². The Bertz CT molecular complexity index is 442. The maximum absolute atomic E-state index is 12.1. The minimum absolute atomic E-state index is 0.0391. The number of hydrogen-bond donors (Lipinski definition) is 1. The Balaban J connectivity index is 2.04. The van der Waals surface area contributed by atoms with E-state index in [0.29, 0.717) is 25.9 Å². The number of para-hydroxylation sites is 1. The first-order chi connectivity index (χ1) is 8.52. The van der Waals surface area contributed by atoms with Crippen LogP contribution in [0.5, 0.6) is 5.75 Å². The molecular formula is C14H19NO3. The first-order valence-electron chi connectivity index (χ1n) is 6.14. The number of aliphatic hydroxyl groups is 1. The lowest BCUT2D eigenvalue weighted by Gasteiger charge is -2.19. The van der Waals surface area contributed by atoms with Gasteiger partial charge < -0.3 is 14.7 Å². The number of likely N-dealkylation sites (tertiary alicyclic amines) is 1. The van der Waals surface area contributed by atoms with Crippen LogP contribution in [0.1, 0.15) is 18.9 Å². The number of ether oxygens (including phenoxy) is 1. The van der Waals surface area contributed by atoms with Crippen LogP contribution in [0.15, 0.2) is 24.3 Å². The van der Waals surface area contributed by atoms with E-state index < -0.39 is 5.60 Å². The molecule has 0 radical (unpaired) electrons. The number of rotatable bonds is 3. The van der Waals surface area contributed by atoms with E-state index >= 15 is 0 Å². The van der Waals surface area contributed by atoms with E-state index in [4.69, 9.17) is 4.74 Å². The Morgan fingerprint density at radius 2 is 2.22 bits per heavy atom. The van der Waals surface area contributed by atoms with Gasteiger partial charge in [-0.2, -0.15) is 0 Å². The van der Waals surface area contributed by atoms with E-state index in [1.807, 2.05) is 24.3 Å². The van der Waals surface area contributed by atoms with Gasteiger partial charge in [-0.05, 0) is 19.4 Å². The molecule has 4 nitrogen and oxygen atoms in total. The van der Waals surface area contributed by atoms with E-state index in [2.05, 4.69) is 0 Å². The number of nitrogens with zero attached hydrogens (tertiary/aromatic N) is 1. The first-order valence-corrected chi connectivity index (χ1v) is 6.14. The molecule has 0 bridgehead atoms. The maximum atomic E-state index is 12.1. The van der Waals surface area contributed by atoms with Gasteiger partial charge in [0, 0.05) is 18.7 Å². The number of benzene rings is 1. The van der Waals surface area contributed by atoms with Crippen molar-refractivity contribution >= 4 is 5.91 Å². The van der Waals surface area contributed by atoms with Crippen molar-refractivity contribution in [3.63, 3.8) is 0 Å². The lowest BCUT2D eigenvalue weighted by molar-refractivity contribution is -0.130. The molecule has 1 amide bonds. The van der Waals surface area contributed by atoms with E-state index in [-0.39, 0.29) is 5.91 Å². The van der Waals surface area contributed by atoms with Crippen LogP contribution in [0.2, 0.25) is 0 Å². The summed E-state index contributed by atoms with van der Waals surface area (Å²) in [6.07, 6.45) is 0.963. The highest BCUT2D eigenvalue weighted by Crippen LogP contribution is 2.23. The molecule has 18 heavy (non-hydrogen) atoms. The Morgan fingerprint density at radius 1 is 1.50 bits per heavy atom. The molecule has 0 aliphatic carbocycles. The third-order valence-corrected chi connectivity index (χ3v) is 3.34. The maximum Gasteiger partial charge on any atom is 0.227 e. The molecule has 0 spiro atoms. The topological polar surface area (TPSA) is 49.8 Å². The quantitative estimate of drug-likeness (QED) is 0.876. The number of β-amino-alcohol motifs (C(OH)–C–C–N with tert-alkyl or cyclic N) is 1. The molecule has 1 unspecified atom stereocenters. The molecule has 1 aliphatic rings. The first kappa shape index (κ1) is 12.9. The highest BCUT2D eigenvalue weighted by atomic mass is 16.5. The summed E-state index contributed by atoms with van der Waals surface area (Å²) in [7, 11) is 1.60. The molecule has 2 rings (SSSR count). The molecule has 98 valence electrons. The van der Waals surface area contributed by atoms with Crippen molar-refractivity contribution in [2.45, 2.75) is 25.4 Å². The van der Waals surface area contributed by atoms with Crippen molar-refractivity contribution < 1.29 is 14.6 Å². The van der Waals surface area contributed by atoms with Crippen LogP contribution in [-0.4, -0.2) is 41.7 Å². The molecule has 1 aromatic carbocycles. The average Bonchev–Trinajstić information content (AvgIpc) is 2.70. The summed E-state index contributed by atoms with van der Waals surface area (Å²) in [5, 5.41) is 9.86. The van der Waals surface area contributed by atoms with Crippen LogP contribution >= 0.6 is 0 Å². The van der Waals surface area contributed by atoms with Gasteiger partial charge in [0.25, 0.3) is 0 Å². The second-order valence-corrected chi connectivity index (χ2v) is 5.05. The SMILES string of the molecule is COc1ccccc1CC(=O)N1CCC(C)(O)C1. The lowest BCUT2D eigenvalue weighted by atomic mass is 10.1. The highest BCUT2D eigenvalue weighted by molar-refractivity contribution is 5.80. The third-order valence-electron chi connectivity index (χ3n) is 3.34. The van der Waals surface area contributed by atoms with E-state index in [9.17, 15) is 9.90 Å². The summed E-state index contributed by atoms with van der Waals surface area (Å²) < 4.78 is 5.23. The van der Waals surface area contributed by atoms with Gasteiger partial charge in [0.2, 0.25) is 5.91 Å². The van der Waals surface area contributed by atoms with Crippen LogP contribution in [0.25, 0.3) is 0 Å². The molecule has 1 aromatic rings. The molecular weight excluding hydrogens is 230 g/mol. The molecule has 1 saturated heterocycles. The Kier molecular flexibility index (Phi) is 3.57. The molecule has 1 atom stereocenters. The second-order valence-electron chi connectivity index (χ2n) is 5.05. The summed E-state index contributed by atoms with van der Waals surface area (Å²) in [5.74, 6) is 0.772. The zero-order valence-corrected chi connectivity index (χ0v) is 10.8. The van der Waals surface area contributed by atoms with Crippen LogP contribution in [-0.2, 0) is 11.2 Å². The fourth-order valence-corrected chi connectivity index (χ4v) is 2.28. The minimum atomic E-state index is -0.740. The minimum Gasteiger partial charge on any atom is -0.496 e. The zero-order valence-electron chi connectivity index (χ0n) is 10.8. The standard InChI is InChI=1S/C14H19NO3/c1-14(17)7-8-15(10-14)13(16)9-11-5-3-4-6-12(11)18-2/h3-6,17H,7-10H2,1-2H3. The lowest BCUT2D eigenvalue weighted by Crippen LogP contribution is -2.34. The summed E-state index contributed by atoms with van der Waals surface area (Å²) in [4.78, 5) is 13.8. The molecule has 0 saturated carbocycles. The van der Waals surface area contributed by atoms with E-state index in [1.165, 1.54) is 0 Å². The van der Waals surface area contributed by atoms with Gasteiger partial charge in [0.1, 0.15) is 5.75 Å². The fourth-order valence-electron chi connectivity index (χ4n) is 2.28. The molecule has 4 heteroatoms. The normalized spacial score (nSPS) is 23.2. The molecule has 1 heterocycles. The Hall–Kier alpha value is -1.55. The Labute approximate surface area is 107 Å². The van der Waals surface area contributed by atoms with Gasteiger partial charge in [0.05, 0.1) is 19.1 Å². The highest BCUT2D eigenvalue weighted by Gasteiger charge is 2.33. The average molecular weight is 249 g/mol. The van der Waals surface area contributed by atoms with Gasteiger partial charge in [-0.15, -0.1) is 0 Å². The summed E-state index contributed by atoms with van der Waals surface area (Å²) in [6, 6.07) is 7.52. The predicted octanol–water partition coefficient (Wildman–Crippen LogP) is 1.22. The smallest absolute Gasteiger partial charge is 0.227 e. The van der Waals surface area contributed by atoms with Crippen LogP contribution in [0.3, 0.4) is 0 Å². The van der Waals surface area contributed by atoms with Crippen LogP contribution in [0.4, 0.5) is 0 Å². The summed E-state index contributed by atoms with van der Waals surface area (Å²) in [6.45, 7) is 2.81. The van der Waals surface area contributed by atoms with E-state index in [1.54, 1.807) is 18.9 Å². The van der Waals surface area contributed by atoms with Crippen molar-refractivity contribution in [3.8, 4) is 5.75 Å². The summed E-state index contributed by atoms with van der Waals surface area (Å²) >= 11 is 0. The number of hydrogen-bond acceptors (Lipinski definition) is 3. The van der Waals surface area contributed by atoms with Crippen molar-refractivity contribution in [1.82, 2.24) is 4.90 Å². The van der Waals surface area contributed by atoms with Crippen LogP contribution in [0, 0.1) is 0 Å². The zero-order chi connectivity index (χ0) is 13.2. The number of amides is 1. The largest absolute Gasteiger partial charge is 0.496 e. The Morgan fingerprint density at radius 3 is 2.83 bits per heavy atom. The monoisotopic (exact) mass is 249 g/mol. The number of methoxy groups -OCH3 is 1. The number of carbonyl (C=O) groups is 1. The van der Waals surface area contributed by atoms with Gasteiger partial charge in [-0.1, -0.05) is 18.2 Å². The van der Waals surface area contributed by atoms with Gasteiger partial charge in [0.15, 0.2) is 0 Å². The second kappa shape index (κ2) is 4.98. The summed E-state index contributed by atoms with van der Waals surface area (Å²) in [5.41, 5.74) is 0.146. The van der Waals surface area contributed by atoms with Gasteiger partial charge in [-0.3, -0.25) is 4.79 Å². The van der Waals surface area contributed by atoms with Crippen molar-refractivity contribution in [3.05, 3.63) is 29.8 Å². The molecule has 1 aliphatic heterocycles.